The van der Waals surface area contributed by atoms with Crippen molar-refractivity contribution in [3.8, 4) is 0 Å². The smallest absolute Gasteiger partial charge is 0.333 e. The molecular formula is C16H12ClNO2. The molecule has 1 aliphatic rings. The quantitative estimate of drug-likeness (QED) is 0.868. The fourth-order valence-corrected chi connectivity index (χ4v) is 2.22. The van der Waals surface area contributed by atoms with Crippen molar-refractivity contribution < 1.29 is 9.53 Å². The van der Waals surface area contributed by atoms with Crippen molar-refractivity contribution in [2.75, 3.05) is 5.32 Å². The SMILES string of the molecule is O=C1C=C(Nc2ccccc2)C(c2ccc(Cl)cc2)O1. The zero-order chi connectivity index (χ0) is 13.9. The molecule has 2 aromatic carbocycles. The van der Waals surface area contributed by atoms with Gasteiger partial charge < -0.3 is 10.1 Å². The molecule has 0 aromatic heterocycles. The molecule has 3 nitrogen and oxygen atoms in total. The Hall–Kier alpha value is -2.26. The highest BCUT2D eigenvalue weighted by Crippen LogP contribution is 2.32. The van der Waals surface area contributed by atoms with Crippen LogP contribution in [0.3, 0.4) is 0 Å². The Balaban J connectivity index is 1.86. The van der Waals surface area contributed by atoms with Crippen LogP contribution < -0.4 is 5.32 Å². The maximum absolute atomic E-state index is 11.5. The molecular weight excluding hydrogens is 274 g/mol. The standard InChI is InChI=1S/C16H12ClNO2/c17-12-8-6-11(7-9-12)16-14(10-15(19)20-16)18-13-4-2-1-3-5-13/h1-10,16,18H. The Morgan fingerprint density at radius 1 is 1.00 bits per heavy atom. The predicted octanol–water partition coefficient (Wildman–Crippen LogP) is 3.93. The summed E-state index contributed by atoms with van der Waals surface area (Å²) in [6.45, 7) is 0. The lowest BCUT2D eigenvalue weighted by Crippen LogP contribution is -2.08. The first-order valence-corrected chi connectivity index (χ1v) is 6.60. The van der Waals surface area contributed by atoms with Crippen LogP contribution in [0, 0.1) is 0 Å². The van der Waals surface area contributed by atoms with E-state index in [0.29, 0.717) is 5.02 Å². The number of anilines is 1. The Bertz CT molecular complexity index is 650. The van der Waals surface area contributed by atoms with Crippen LogP contribution in [0.25, 0.3) is 0 Å². The van der Waals surface area contributed by atoms with E-state index in [4.69, 9.17) is 16.3 Å². The highest BCUT2D eigenvalue weighted by Gasteiger charge is 2.27. The van der Waals surface area contributed by atoms with E-state index >= 15 is 0 Å². The summed E-state index contributed by atoms with van der Waals surface area (Å²) in [5.41, 5.74) is 2.52. The van der Waals surface area contributed by atoms with Gasteiger partial charge in [0.2, 0.25) is 0 Å². The van der Waals surface area contributed by atoms with Crippen LogP contribution in [-0.4, -0.2) is 5.97 Å². The van der Waals surface area contributed by atoms with Gasteiger partial charge in [-0.05, 0) is 29.8 Å². The molecule has 0 spiro atoms. The van der Waals surface area contributed by atoms with E-state index in [0.717, 1.165) is 16.9 Å². The van der Waals surface area contributed by atoms with Crippen LogP contribution in [0.4, 0.5) is 5.69 Å². The molecule has 1 heterocycles. The number of rotatable bonds is 3. The van der Waals surface area contributed by atoms with Crippen molar-refractivity contribution in [1.82, 2.24) is 0 Å². The van der Waals surface area contributed by atoms with Gasteiger partial charge in [0.25, 0.3) is 0 Å². The minimum Gasteiger partial charge on any atom is -0.448 e. The molecule has 1 N–H and O–H groups in total. The molecule has 20 heavy (non-hydrogen) atoms. The normalized spacial score (nSPS) is 17.6. The summed E-state index contributed by atoms with van der Waals surface area (Å²) in [5, 5.41) is 3.87. The Morgan fingerprint density at radius 2 is 1.70 bits per heavy atom. The number of esters is 1. The number of cyclic esters (lactones) is 1. The van der Waals surface area contributed by atoms with E-state index in [-0.39, 0.29) is 5.97 Å². The van der Waals surface area contributed by atoms with Gasteiger partial charge in [-0.25, -0.2) is 4.79 Å². The number of para-hydroxylation sites is 1. The second kappa shape index (κ2) is 5.39. The third kappa shape index (κ3) is 2.68. The average molecular weight is 286 g/mol. The highest BCUT2D eigenvalue weighted by atomic mass is 35.5. The van der Waals surface area contributed by atoms with Gasteiger partial charge in [-0.15, -0.1) is 0 Å². The van der Waals surface area contributed by atoms with E-state index in [1.807, 2.05) is 42.5 Å². The number of carbonyl (C=O) groups excluding carboxylic acids is 1. The minimum absolute atomic E-state index is 0.344. The maximum atomic E-state index is 11.5. The Morgan fingerprint density at radius 3 is 2.40 bits per heavy atom. The van der Waals surface area contributed by atoms with Gasteiger partial charge in [0.05, 0.1) is 5.70 Å². The third-order valence-electron chi connectivity index (χ3n) is 3.03. The number of hydrogen-bond donors (Lipinski definition) is 1. The summed E-state index contributed by atoms with van der Waals surface area (Å²) < 4.78 is 5.33. The predicted molar refractivity (Wildman–Crippen MR) is 78.4 cm³/mol. The molecule has 2 aromatic rings. The number of ether oxygens (including phenoxy) is 1. The topological polar surface area (TPSA) is 38.3 Å². The lowest BCUT2D eigenvalue weighted by atomic mass is 10.1. The summed E-state index contributed by atoms with van der Waals surface area (Å²) in [4.78, 5) is 11.5. The molecule has 4 heteroatoms. The highest BCUT2D eigenvalue weighted by molar-refractivity contribution is 6.30. The van der Waals surface area contributed by atoms with Crippen LogP contribution in [0.15, 0.2) is 66.4 Å². The summed E-state index contributed by atoms with van der Waals surface area (Å²) in [6, 6.07) is 16.9. The van der Waals surface area contributed by atoms with Gasteiger partial charge in [0.15, 0.2) is 6.10 Å². The molecule has 100 valence electrons. The van der Waals surface area contributed by atoms with Gasteiger partial charge in [-0.2, -0.15) is 0 Å². The van der Waals surface area contributed by atoms with Crippen molar-refractivity contribution in [2.24, 2.45) is 0 Å². The average Bonchev–Trinajstić information content (AvgIpc) is 2.81. The fourth-order valence-electron chi connectivity index (χ4n) is 2.09. The summed E-state index contributed by atoms with van der Waals surface area (Å²) in [6.07, 6.45) is 1.06. The minimum atomic E-state index is -0.417. The number of carbonyl (C=O) groups is 1. The molecule has 3 rings (SSSR count). The third-order valence-corrected chi connectivity index (χ3v) is 3.28. The van der Waals surface area contributed by atoms with Gasteiger partial charge in [0.1, 0.15) is 0 Å². The molecule has 1 aliphatic heterocycles. The largest absolute Gasteiger partial charge is 0.448 e. The molecule has 0 aliphatic carbocycles. The van der Waals surface area contributed by atoms with Crippen molar-refractivity contribution in [3.63, 3.8) is 0 Å². The van der Waals surface area contributed by atoms with Gasteiger partial charge in [-0.3, -0.25) is 0 Å². The maximum Gasteiger partial charge on any atom is 0.333 e. The Labute approximate surface area is 121 Å². The molecule has 0 bridgehead atoms. The molecule has 0 radical (unpaired) electrons. The van der Waals surface area contributed by atoms with Crippen molar-refractivity contribution in [3.05, 3.63) is 77.0 Å². The first kappa shape index (κ1) is 12.8. The molecule has 0 fully saturated rings. The molecule has 1 unspecified atom stereocenters. The van der Waals surface area contributed by atoms with E-state index < -0.39 is 6.10 Å². The van der Waals surface area contributed by atoms with Gasteiger partial charge in [-0.1, -0.05) is 41.9 Å². The molecule has 0 saturated heterocycles. The number of hydrogen-bond acceptors (Lipinski definition) is 3. The lowest BCUT2D eigenvalue weighted by Gasteiger charge is -2.16. The summed E-state index contributed by atoms with van der Waals surface area (Å²) in [7, 11) is 0. The fraction of sp³-hybridized carbons (Fsp3) is 0.0625. The summed E-state index contributed by atoms with van der Waals surface area (Å²) >= 11 is 5.88. The van der Waals surface area contributed by atoms with E-state index in [1.165, 1.54) is 6.08 Å². The van der Waals surface area contributed by atoms with Crippen LogP contribution in [0.1, 0.15) is 11.7 Å². The van der Waals surface area contributed by atoms with Crippen molar-refractivity contribution in [2.45, 2.75) is 6.10 Å². The zero-order valence-corrected chi connectivity index (χ0v) is 11.3. The number of halogens is 1. The number of nitrogens with one attached hydrogen (secondary N) is 1. The van der Waals surface area contributed by atoms with Crippen LogP contribution >= 0.6 is 11.6 Å². The van der Waals surface area contributed by atoms with E-state index in [2.05, 4.69) is 5.32 Å². The van der Waals surface area contributed by atoms with Crippen molar-refractivity contribution in [1.29, 1.82) is 0 Å². The lowest BCUT2D eigenvalue weighted by molar-refractivity contribution is -0.139. The number of benzene rings is 2. The summed E-state index contributed by atoms with van der Waals surface area (Å²) in [5.74, 6) is -0.344. The molecule has 0 amide bonds. The molecule has 1 atom stereocenters. The van der Waals surface area contributed by atoms with Crippen LogP contribution in [0.5, 0.6) is 0 Å². The van der Waals surface area contributed by atoms with Crippen LogP contribution in [-0.2, 0) is 9.53 Å². The van der Waals surface area contributed by atoms with Gasteiger partial charge >= 0.3 is 5.97 Å². The monoisotopic (exact) mass is 285 g/mol. The van der Waals surface area contributed by atoms with E-state index in [1.54, 1.807) is 12.1 Å². The first-order chi connectivity index (χ1) is 9.72. The van der Waals surface area contributed by atoms with Crippen LogP contribution in [0.2, 0.25) is 5.02 Å². The molecule has 0 saturated carbocycles. The second-order valence-corrected chi connectivity index (χ2v) is 4.90. The van der Waals surface area contributed by atoms with Gasteiger partial charge in [0, 0.05) is 16.8 Å². The van der Waals surface area contributed by atoms with E-state index in [9.17, 15) is 4.79 Å². The zero-order valence-electron chi connectivity index (χ0n) is 10.5. The first-order valence-electron chi connectivity index (χ1n) is 6.22. The van der Waals surface area contributed by atoms with Crippen molar-refractivity contribution >= 4 is 23.3 Å². The Kier molecular flexibility index (Phi) is 3.44. The second-order valence-electron chi connectivity index (χ2n) is 4.46.